The molecule has 0 aliphatic rings. The molecule has 0 unspecified atom stereocenters. The van der Waals surface area contributed by atoms with E-state index in [0.717, 1.165) is 10.0 Å². The fourth-order valence-corrected chi connectivity index (χ4v) is 1.96. The maximum Gasteiger partial charge on any atom is 0.248 e. The summed E-state index contributed by atoms with van der Waals surface area (Å²) in [5, 5.41) is 0. The van der Waals surface area contributed by atoms with Crippen molar-refractivity contribution in [1.82, 2.24) is 0 Å². The molecule has 2 rings (SSSR count). The molecule has 2 N–H and O–H groups in total. The molecule has 0 bridgehead atoms. The average Bonchev–Trinajstić information content (AvgIpc) is 2.37. The molecular formula is C14H12BrNO2. The monoisotopic (exact) mass is 305 g/mol. The second-order valence-corrected chi connectivity index (χ2v) is 4.72. The summed E-state index contributed by atoms with van der Waals surface area (Å²) in [5.41, 5.74) is 6.71. The lowest BCUT2D eigenvalue weighted by atomic mass is 10.2. The highest BCUT2D eigenvalue weighted by atomic mass is 79.9. The van der Waals surface area contributed by atoms with Crippen LogP contribution in [0, 0.1) is 0 Å². The standard InChI is InChI=1S/C14H12BrNO2/c15-12-3-1-2-10(8-12)9-18-13-6-4-11(5-7-13)14(16)17/h1-8H,9H2,(H2,16,17). The van der Waals surface area contributed by atoms with E-state index in [1.54, 1.807) is 24.3 Å². The molecule has 4 heteroatoms. The van der Waals surface area contributed by atoms with Crippen LogP contribution in [0.5, 0.6) is 5.75 Å². The van der Waals surface area contributed by atoms with Gasteiger partial charge in [-0.3, -0.25) is 4.79 Å². The molecule has 0 radical (unpaired) electrons. The van der Waals surface area contributed by atoms with E-state index in [-0.39, 0.29) is 0 Å². The van der Waals surface area contributed by atoms with E-state index < -0.39 is 5.91 Å². The number of amides is 1. The lowest BCUT2D eigenvalue weighted by Crippen LogP contribution is -2.10. The van der Waals surface area contributed by atoms with Crippen LogP contribution in [0.2, 0.25) is 0 Å². The first kappa shape index (κ1) is 12.6. The predicted octanol–water partition coefficient (Wildman–Crippen LogP) is 3.13. The fraction of sp³-hybridized carbons (Fsp3) is 0.0714. The van der Waals surface area contributed by atoms with Crippen molar-refractivity contribution in [3.8, 4) is 5.75 Å². The van der Waals surface area contributed by atoms with Crippen LogP contribution in [0.1, 0.15) is 15.9 Å². The Balaban J connectivity index is 2.00. The Hall–Kier alpha value is -1.81. The second kappa shape index (κ2) is 5.69. The molecule has 2 aromatic carbocycles. The van der Waals surface area contributed by atoms with Gasteiger partial charge in [0, 0.05) is 10.0 Å². The summed E-state index contributed by atoms with van der Waals surface area (Å²) in [7, 11) is 0. The number of carbonyl (C=O) groups excluding carboxylic acids is 1. The van der Waals surface area contributed by atoms with E-state index in [4.69, 9.17) is 10.5 Å². The van der Waals surface area contributed by atoms with Gasteiger partial charge in [0.2, 0.25) is 5.91 Å². The summed E-state index contributed by atoms with van der Waals surface area (Å²) >= 11 is 3.41. The number of primary amides is 1. The van der Waals surface area contributed by atoms with Crippen LogP contribution in [0.15, 0.2) is 53.0 Å². The minimum atomic E-state index is -0.437. The maximum absolute atomic E-state index is 10.9. The topological polar surface area (TPSA) is 52.3 Å². The van der Waals surface area contributed by atoms with Crippen LogP contribution in [0.25, 0.3) is 0 Å². The summed E-state index contributed by atoms with van der Waals surface area (Å²) in [6.45, 7) is 0.482. The van der Waals surface area contributed by atoms with Crippen molar-refractivity contribution in [1.29, 1.82) is 0 Å². The Morgan fingerprint density at radius 2 is 1.89 bits per heavy atom. The summed E-state index contributed by atoms with van der Waals surface area (Å²) in [6.07, 6.45) is 0. The first-order chi connectivity index (χ1) is 8.65. The van der Waals surface area contributed by atoms with Crippen LogP contribution >= 0.6 is 15.9 Å². The fourth-order valence-electron chi connectivity index (χ4n) is 1.51. The van der Waals surface area contributed by atoms with Gasteiger partial charge in [-0.05, 0) is 42.0 Å². The summed E-state index contributed by atoms with van der Waals surface area (Å²) in [5.74, 6) is 0.272. The van der Waals surface area contributed by atoms with Gasteiger partial charge in [-0.2, -0.15) is 0 Å². The third kappa shape index (κ3) is 3.34. The molecule has 18 heavy (non-hydrogen) atoms. The average molecular weight is 306 g/mol. The van der Waals surface area contributed by atoms with Gasteiger partial charge in [0.1, 0.15) is 12.4 Å². The molecule has 1 amide bonds. The molecular weight excluding hydrogens is 294 g/mol. The zero-order valence-electron chi connectivity index (χ0n) is 9.60. The number of carbonyl (C=O) groups is 1. The molecule has 0 aromatic heterocycles. The lowest BCUT2D eigenvalue weighted by molar-refractivity contribution is 0.100. The Morgan fingerprint density at radius 3 is 2.50 bits per heavy atom. The largest absolute Gasteiger partial charge is 0.489 e. The van der Waals surface area contributed by atoms with E-state index >= 15 is 0 Å². The summed E-state index contributed by atoms with van der Waals surface area (Å²) in [6, 6.07) is 14.7. The van der Waals surface area contributed by atoms with E-state index in [1.807, 2.05) is 24.3 Å². The molecule has 0 spiro atoms. The number of benzene rings is 2. The number of hydrogen-bond acceptors (Lipinski definition) is 2. The van der Waals surface area contributed by atoms with Gasteiger partial charge in [-0.15, -0.1) is 0 Å². The first-order valence-electron chi connectivity index (χ1n) is 5.42. The highest BCUT2D eigenvalue weighted by molar-refractivity contribution is 9.10. The number of nitrogens with two attached hydrogens (primary N) is 1. The Kier molecular flexibility index (Phi) is 3.99. The zero-order chi connectivity index (χ0) is 13.0. The SMILES string of the molecule is NC(=O)c1ccc(OCc2cccc(Br)c2)cc1. The van der Waals surface area contributed by atoms with Crippen molar-refractivity contribution in [2.24, 2.45) is 5.73 Å². The van der Waals surface area contributed by atoms with Crippen molar-refractivity contribution in [2.75, 3.05) is 0 Å². The summed E-state index contributed by atoms with van der Waals surface area (Å²) in [4.78, 5) is 10.9. The van der Waals surface area contributed by atoms with Crippen LogP contribution in [0.3, 0.4) is 0 Å². The zero-order valence-corrected chi connectivity index (χ0v) is 11.2. The van der Waals surface area contributed by atoms with Gasteiger partial charge in [-0.25, -0.2) is 0 Å². The molecule has 0 heterocycles. The quantitative estimate of drug-likeness (QED) is 0.943. The van der Waals surface area contributed by atoms with Gasteiger partial charge in [-0.1, -0.05) is 28.1 Å². The van der Waals surface area contributed by atoms with Crippen molar-refractivity contribution < 1.29 is 9.53 Å². The smallest absolute Gasteiger partial charge is 0.248 e. The van der Waals surface area contributed by atoms with Gasteiger partial charge in [0.25, 0.3) is 0 Å². The number of halogens is 1. The van der Waals surface area contributed by atoms with Crippen LogP contribution < -0.4 is 10.5 Å². The van der Waals surface area contributed by atoms with Gasteiger partial charge >= 0.3 is 0 Å². The van der Waals surface area contributed by atoms with Gasteiger partial charge in [0.15, 0.2) is 0 Å². The number of rotatable bonds is 4. The van der Waals surface area contributed by atoms with Crippen molar-refractivity contribution >= 4 is 21.8 Å². The molecule has 0 atom stereocenters. The van der Waals surface area contributed by atoms with Gasteiger partial charge in [0.05, 0.1) is 0 Å². The van der Waals surface area contributed by atoms with E-state index in [1.165, 1.54) is 0 Å². The molecule has 92 valence electrons. The minimum absolute atomic E-state index is 0.437. The minimum Gasteiger partial charge on any atom is -0.489 e. The predicted molar refractivity (Wildman–Crippen MR) is 73.4 cm³/mol. The molecule has 0 aliphatic heterocycles. The van der Waals surface area contributed by atoms with E-state index in [2.05, 4.69) is 15.9 Å². The highest BCUT2D eigenvalue weighted by Crippen LogP contribution is 2.16. The Labute approximate surface area is 114 Å². The third-order valence-electron chi connectivity index (χ3n) is 2.43. The van der Waals surface area contributed by atoms with E-state index in [9.17, 15) is 4.79 Å². The Morgan fingerprint density at radius 1 is 1.17 bits per heavy atom. The van der Waals surface area contributed by atoms with E-state index in [0.29, 0.717) is 17.9 Å². The number of ether oxygens (including phenoxy) is 1. The molecule has 2 aromatic rings. The highest BCUT2D eigenvalue weighted by Gasteiger charge is 2.01. The molecule has 0 saturated carbocycles. The Bertz CT molecular complexity index is 552. The molecule has 0 fully saturated rings. The molecule has 0 saturated heterocycles. The lowest BCUT2D eigenvalue weighted by Gasteiger charge is -2.07. The van der Waals surface area contributed by atoms with Crippen molar-refractivity contribution in [3.63, 3.8) is 0 Å². The second-order valence-electron chi connectivity index (χ2n) is 3.81. The summed E-state index contributed by atoms with van der Waals surface area (Å²) < 4.78 is 6.63. The van der Waals surface area contributed by atoms with Crippen molar-refractivity contribution in [3.05, 3.63) is 64.1 Å². The maximum atomic E-state index is 10.9. The normalized spacial score (nSPS) is 10.1. The number of hydrogen-bond donors (Lipinski definition) is 1. The first-order valence-corrected chi connectivity index (χ1v) is 6.21. The molecule has 0 aliphatic carbocycles. The molecule has 3 nitrogen and oxygen atoms in total. The van der Waals surface area contributed by atoms with Crippen LogP contribution in [-0.4, -0.2) is 5.91 Å². The van der Waals surface area contributed by atoms with Crippen LogP contribution in [-0.2, 0) is 6.61 Å². The third-order valence-corrected chi connectivity index (χ3v) is 2.93. The van der Waals surface area contributed by atoms with Crippen molar-refractivity contribution in [2.45, 2.75) is 6.61 Å². The van der Waals surface area contributed by atoms with Gasteiger partial charge < -0.3 is 10.5 Å². The van der Waals surface area contributed by atoms with Crippen LogP contribution in [0.4, 0.5) is 0 Å².